The molecule has 0 spiro atoms. The molecule has 0 aliphatic heterocycles. The van der Waals surface area contributed by atoms with Crippen molar-refractivity contribution in [1.29, 1.82) is 5.26 Å². The van der Waals surface area contributed by atoms with Gasteiger partial charge >= 0.3 is 0 Å². The maximum atomic E-state index is 8.84. The van der Waals surface area contributed by atoms with E-state index in [0.29, 0.717) is 10.6 Å². The Balaban J connectivity index is 3.05. The molecular weight excluding hydrogens is 208 g/mol. The van der Waals surface area contributed by atoms with Crippen molar-refractivity contribution in [2.75, 3.05) is 6.54 Å². The Bertz CT molecular complexity index is 394. The van der Waals surface area contributed by atoms with Gasteiger partial charge in [-0.2, -0.15) is 5.26 Å². The zero-order chi connectivity index (χ0) is 11.3. The first-order valence-corrected chi connectivity index (χ1v) is 5.18. The number of likely N-dealkylation sites (N-methyl/N-ethyl adjacent to an activating group) is 1. The van der Waals surface area contributed by atoms with E-state index in [4.69, 9.17) is 16.9 Å². The molecule has 0 heterocycles. The molecule has 15 heavy (non-hydrogen) atoms. The molecule has 0 radical (unpaired) electrons. The molecule has 3 heteroatoms. The Labute approximate surface area is 95.2 Å². The highest BCUT2D eigenvalue weighted by Crippen LogP contribution is 2.23. The van der Waals surface area contributed by atoms with Crippen LogP contribution in [0.2, 0.25) is 0 Å². The van der Waals surface area contributed by atoms with Gasteiger partial charge in [-0.15, -0.1) is 0 Å². The lowest BCUT2D eigenvalue weighted by atomic mass is 10.0. The van der Waals surface area contributed by atoms with E-state index in [1.54, 1.807) is 0 Å². The van der Waals surface area contributed by atoms with Gasteiger partial charge in [0.2, 0.25) is 0 Å². The van der Waals surface area contributed by atoms with Crippen LogP contribution in [0.15, 0.2) is 46.7 Å². The van der Waals surface area contributed by atoms with Gasteiger partial charge in [-0.3, -0.25) is 0 Å². The third-order valence-electron chi connectivity index (χ3n) is 2.03. The summed E-state index contributed by atoms with van der Waals surface area (Å²) in [5.74, 6) is 0. The number of halogens is 1. The van der Waals surface area contributed by atoms with Gasteiger partial charge in [-0.05, 0) is 19.4 Å². The summed E-state index contributed by atoms with van der Waals surface area (Å²) >= 11 is 5.96. The molecule has 1 rings (SSSR count). The Hall–Kier alpha value is -1.46. The van der Waals surface area contributed by atoms with Gasteiger partial charge in [-0.1, -0.05) is 30.3 Å². The summed E-state index contributed by atoms with van der Waals surface area (Å²) in [7, 11) is 0. The number of nitrogens with zero attached hydrogens (tertiary/aromatic N) is 1. The van der Waals surface area contributed by atoms with Crippen molar-refractivity contribution in [2.24, 2.45) is 0 Å². The molecule has 0 aromatic rings. The Morgan fingerprint density at radius 2 is 2.40 bits per heavy atom. The Kier molecular flexibility index (Phi) is 4.20. The molecule has 0 unspecified atom stereocenters. The molecule has 0 saturated heterocycles. The second-order valence-electron chi connectivity index (χ2n) is 3.12. The van der Waals surface area contributed by atoms with Gasteiger partial charge in [0.15, 0.2) is 0 Å². The van der Waals surface area contributed by atoms with Gasteiger partial charge in [0.1, 0.15) is 0 Å². The minimum atomic E-state index is 0.460. The van der Waals surface area contributed by atoms with Crippen LogP contribution in [-0.2, 0) is 0 Å². The van der Waals surface area contributed by atoms with Crippen molar-refractivity contribution in [3.63, 3.8) is 0 Å². The predicted molar refractivity (Wildman–Crippen MR) is 63.1 cm³/mol. The zero-order valence-corrected chi connectivity index (χ0v) is 9.43. The molecule has 1 aliphatic carbocycles. The molecule has 0 atom stereocenters. The smallest absolute Gasteiger partial charge is 0.0992 e. The van der Waals surface area contributed by atoms with Crippen LogP contribution in [0.25, 0.3) is 0 Å². The topological polar surface area (TPSA) is 35.8 Å². The molecule has 0 saturated carbocycles. The van der Waals surface area contributed by atoms with Gasteiger partial charge < -0.3 is 5.32 Å². The fourth-order valence-electron chi connectivity index (χ4n) is 1.36. The maximum absolute atomic E-state index is 8.84. The van der Waals surface area contributed by atoms with Crippen molar-refractivity contribution in [3.8, 4) is 6.07 Å². The highest BCUT2D eigenvalue weighted by Gasteiger charge is 2.10. The lowest BCUT2D eigenvalue weighted by Gasteiger charge is -2.11. The standard InChI is InChI=1S/C12H13ClN2/c1-3-15-12-7-10(13)5-4-6-11(12)9(2)8-14/h5-7,15H,2-4H2,1H3. The minimum Gasteiger partial charge on any atom is -0.385 e. The summed E-state index contributed by atoms with van der Waals surface area (Å²) in [5, 5.41) is 12.7. The SMILES string of the molecule is C=C(C#N)C1=CCC=C(Cl)C=C1NCC. The zero-order valence-electron chi connectivity index (χ0n) is 8.68. The first-order valence-electron chi connectivity index (χ1n) is 4.80. The predicted octanol–water partition coefficient (Wildman–Crippen LogP) is 3.01. The molecule has 1 N–H and O–H groups in total. The largest absolute Gasteiger partial charge is 0.385 e. The number of allylic oxidation sites excluding steroid dienone is 5. The first-order chi connectivity index (χ1) is 7.19. The number of rotatable bonds is 3. The van der Waals surface area contributed by atoms with Gasteiger partial charge in [0.05, 0.1) is 11.6 Å². The fourth-order valence-corrected chi connectivity index (χ4v) is 1.55. The van der Waals surface area contributed by atoms with Gasteiger partial charge in [-0.25, -0.2) is 0 Å². The van der Waals surface area contributed by atoms with E-state index in [-0.39, 0.29) is 0 Å². The van der Waals surface area contributed by atoms with E-state index in [1.807, 2.05) is 25.2 Å². The van der Waals surface area contributed by atoms with E-state index >= 15 is 0 Å². The van der Waals surface area contributed by atoms with Crippen LogP contribution in [-0.4, -0.2) is 6.54 Å². The third kappa shape index (κ3) is 3.00. The normalized spacial score (nSPS) is 15.4. The van der Waals surface area contributed by atoms with E-state index < -0.39 is 0 Å². The molecular formula is C12H13ClN2. The molecule has 1 aliphatic rings. The first kappa shape index (κ1) is 11.6. The van der Waals surface area contributed by atoms with Crippen LogP contribution in [0.4, 0.5) is 0 Å². The van der Waals surface area contributed by atoms with Crippen molar-refractivity contribution >= 4 is 11.6 Å². The van der Waals surface area contributed by atoms with Crippen molar-refractivity contribution in [2.45, 2.75) is 13.3 Å². The maximum Gasteiger partial charge on any atom is 0.0992 e. The third-order valence-corrected chi connectivity index (χ3v) is 2.30. The van der Waals surface area contributed by atoms with Crippen LogP contribution in [0.3, 0.4) is 0 Å². The summed E-state index contributed by atoms with van der Waals surface area (Å²) < 4.78 is 0. The van der Waals surface area contributed by atoms with Crippen LogP contribution >= 0.6 is 11.6 Å². The summed E-state index contributed by atoms with van der Waals surface area (Å²) in [4.78, 5) is 0. The lowest BCUT2D eigenvalue weighted by Crippen LogP contribution is -2.14. The molecule has 0 fully saturated rings. The Morgan fingerprint density at radius 3 is 3.00 bits per heavy atom. The monoisotopic (exact) mass is 220 g/mol. The molecule has 2 nitrogen and oxygen atoms in total. The summed E-state index contributed by atoms with van der Waals surface area (Å²) in [6.07, 6.45) is 6.40. The van der Waals surface area contributed by atoms with E-state index in [2.05, 4.69) is 18.0 Å². The van der Waals surface area contributed by atoms with Crippen LogP contribution in [0, 0.1) is 11.3 Å². The minimum absolute atomic E-state index is 0.460. The highest BCUT2D eigenvalue weighted by molar-refractivity contribution is 6.31. The van der Waals surface area contributed by atoms with Crippen molar-refractivity contribution < 1.29 is 0 Å². The lowest BCUT2D eigenvalue weighted by molar-refractivity contribution is 0.866. The highest BCUT2D eigenvalue weighted by atomic mass is 35.5. The Morgan fingerprint density at radius 1 is 1.67 bits per heavy atom. The van der Waals surface area contributed by atoms with Crippen LogP contribution in [0.1, 0.15) is 13.3 Å². The van der Waals surface area contributed by atoms with Crippen LogP contribution < -0.4 is 5.32 Å². The van der Waals surface area contributed by atoms with Crippen molar-refractivity contribution in [3.05, 3.63) is 46.7 Å². The van der Waals surface area contributed by atoms with E-state index in [0.717, 1.165) is 24.2 Å². The average molecular weight is 221 g/mol. The van der Waals surface area contributed by atoms with Gasteiger partial charge in [0, 0.05) is 22.8 Å². The molecule has 0 aromatic heterocycles. The van der Waals surface area contributed by atoms with Crippen molar-refractivity contribution in [1.82, 2.24) is 5.32 Å². The number of nitrogens with one attached hydrogen (secondary N) is 1. The average Bonchev–Trinajstić information content (AvgIpc) is 2.39. The molecule has 78 valence electrons. The second kappa shape index (κ2) is 5.43. The molecule has 0 amide bonds. The molecule has 0 bridgehead atoms. The summed E-state index contributed by atoms with van der Waals surface area (Å²) in [6.45, 7) is 6.50. The summed E-state index contributed by atoms with van der Waals surface area (Å²) in [6, 6.07) is 2.06. The number of nitriles is 1. The fraction of sp³-hybridized carbons (Fsp3) is 0.250. The number of hydrogen-bond acceptors (Lipinski definition) is 2. The van der Waals surface area contributed by atoms with Gasteiger partial charge in [0.25, 0.3) is 0 Å². The quantitative estimate of drug-likeness (QED) is 0.743. The number of hydrogen-bond donors (Lipinski definition) is 1. The molecule has 0 aromatic carbocycles. The van der Waals surface area contributed by atoms with Crippen LogP contribution in [0.5, 0.6) is 0 Å². The van der Waals surface area contributed by atoms with E-state index in [9.17, 15) is 0 Å². The summed E-state index contributed by atoms with van der Waals surface area (Å²) in [5.41, 5.74) is 2.16. The van der Waals surface area contributed by atoms with E-state index in [1.165, 1.54) is 0 Å². The second-order valence-corrected chi connectivity index (χ2v) is 3.56.